The van der Waals surface area contributed by atoms with Crippen LogP contribution in [0.5, 0.6) is 0 Å². The molecule has 8 heavy (non-hydrogen) atoms. The average Bonchev–Trinajstić information content (AvgIpc) is 1.66. The SMILES string of the molecule is CC(C)[C-]=CC[CH]=[Yb]. The van der Waals surface area contributed by atoms with Crippen molar-refractivity contribution in [2.75, 3.05) is 0 Å². The van der Waals surface area contributed by atoms with Crippen molar-refractivity contribution in [2.24, 2.45) is 5.92 Å². The second kappa shape index (κ2) is 6.25. The standard InChI is InChI=1S/C7H11.Yb/c1-4-5-6-7(2)3;/h1,5,7H,4H2,2-3H3;/q-1;. The predicted octanol–water partition coefficient (Wildman–Crippen LogP) is 1.74. The summed E-state index contributed by atoms with van der Waals surface area (Å²) in [4.78, 5) is 0. The molecule has 0 aliphatic heterocycles. The van der Waals surface area contributed by atoms with Gasteiger partial charge in [0.05, 0.1) is 0 Å². The van der Waals surface area contributed by atoms with Crippen molar-refractivity contribution in [3.8, 4) is 0 Å². The third-order valence-electron chi connectivity index (χ3n) is 0.632. The summed E-state index contributed by atoms with van der Waals surface area (Å²) >= 11 is 2.91. The molecule has 0 rings (SSSR count). The van der Waals surface area contributed by atoms with Crippen LogP contribution in [0.1, 0.15) is 20.3 Å². The summed E-state index contributed by atoms with van der Waals surface area (Å²) in [7, 11) is 0. The first-order chi connectivity index (χ1) is 3.77. The maximum absolute atomic E-state index is 3.17. The summed E-state index contributed by atoms with van der Waals surface area (Å²) in [5.41, 5.74) is 0. The summed E-state index contributed by atoms with van der Waals surface area (Å²) in [6.07, 6.45) is 6.20. The van der Waals surface area contributed by atoms with Gasteiger partial charge in [0.1, 0.15) is 0 Å². The fourth-order valence-corrected chi connectivity index (χ4v) is 0.537. The van der Waals surface area contributed by atoms with Gasteiger partial charge in [-0.15, -0.1) is 0 Å². The molecular weight excluding hydrogens is 257 g/mol. The van der Waals surface area contributed by atoms with Crippen molar-refractivity contribution < 1.29 is 44.1 Å². The Hall–Kier alpha value is 1.13. The Kier molecular flexibility index (Phi) is 7.14. The summed E-state index contributed by atoms with van der Waals surface area (Å²) in [5.74, 6) is 0.563. The summed E-state index contributed by atoms with van der Waals surface area (Å²) in [6.45, 7) is 4.24. The van der Waals surface area contributed by atoms with E-state index in [0.717, 1.165) is 6.42 Å². The molecule has 0 N–H and O–H groups in total. The zero-order valence-electron chi connectivity index (χ0n) is 5.21. The monoisotopic (exact) mass is 269 g/mol. The molecule has 0 nitrogen and oxygen atoms in total. The second-order valence-electron chi connectivity index (χ2n) is 1.87. The summed E-state index contributed by atoms with van der Waals surface area (Å²) < 4.78 is 1.98. The molecule has 0 radical (unpaired) electrons. The molecule has 0 spiro atoms. The Bertz CT molecular complexity index is 82.4. The Balaban J connectivity index is 3.19. The summed E-state index contributed by atoms with van der Waals surface area (Å²) in [5, 5.41) is 0. The van der Waals surface area contributed by atoms with Crippen LogP contribution >= 0.6 is 0 Å². The molecule has 0 saturated heterocycles. The molecule has 54 valence electrons. The van der Waals surface area contributed by atoms with E-state index in [0.29, 0.717) is 5.92 Å². The number of hydrogen-bond acceptors (Lipinski definition) is 0. The van der Waals surface area contributed by atoms with Crippen molar-refractivity contribution in [3.63, 3.8) is 0 Å². The first-order valence-electron chi connectivity index (χ1n) is 2.70. The van der Waals surface area contributed by atoms with Crippen LogP contribution in [0.2, 0.25) is 0 Å². The molecule has 0 bridgehead atoms. The van der Waals surface area contributed by atoms with Crippen LogP contribution in [0.3, 0.4) is 0 Å². The van der Waals surface area contributed by atoms with E-state index in [1.54, 1.807) is 0 Å². The van der Waals surface area contributed by atoms with Crippen LogP contribution < -0.4 is 0 Å². The molecule has 0 aromatic carbocycles. The van der Waals surface area contributed by atoms with Gasteiger partial charge in [0.25, 0.3) is 0 Å². The molecule has 0 fully saturated rings. The molecular formula is C7H11Yb-. The second-order valence-corrected chi connectivity index (χ2v) is 2.57. The molecule has 0 atom stereocenters. The maximum atomic E-state index is 3.17. The van der Waals surface area contributed by atoms with E-state index in [2.05, 4.69) is 64.0 Å². The van der Waals surface area contributed by atoms with Gasteiger partial charge in [-0.25, -0.2) is 0 Å². The van der Waals surface area contributed by atoms with E-state index in [9.17, 15) is 0 Å². The zero-order chi connectivity index (χ0) is 6.41. The molecule has 0 heterocycles. The van der Waals surface area contributed by atoms with E-state index in [4.69, 9.17) is 0 Å². The van der Waals surface area contributed by atoms with Crippen LogP contribution in [0.15, 0.2) is 6.08 Å². The Morgan fingerprint density at radius 3 is 2.62 bits per heavy atom. The first-order valence-corrected chi connectivity index (χ1v) is 3.69. The van der Waals surface area contributed by atoms with Gasteiger partial charge in [-0.3, -0.25) is 0 Å². The van der Waals surface area contributed by atoms with Gasteiger partial charge in [0.2, 0.25) is 0 Å². The van der Waals surface area contributed by atoms with E-state index in [1.165, 1.54) is 0 Å². The number of hydrogen-bond donors (Lipinski definition) is 0. The topological polar surface area (TPSA) is 0 Å². The van der Waals surface area contributed by atoms with Crippen LogP contribution in [0, 0.1) is 56.1 Å². The molecule has 0 amide bonds. The van der Waals surface area contributed by atoms with Crippen LogP contribution in [-0.4, -0.2) is 0.737 Å². The quantitative estimate of drug-likeness (QED) is 0.684. The van der Waals surface area contributed by atoms with Gasteiger partial charge < -0.3 is 0 Å². The van der Waals surface area contributed by atoms with Crippen molar-refractivity contribution in [1.82, 2.24) is 0 Å². The third kappa shape index (κ3) is 7.13. The van der Waals surface area contributed by atoms with Gasteiger partial charge in [-0.1, -0.05) is 0 Å². The molecule has 1 heteroatoms. The molecule has 0 aromatic rings. The van der Waals surface area contributed by atoms with Gasteiger partial charge in [-0.2, -0.15) is 0 Å². The Morgan fingerprint density at radius 1 is 1.62 bits per heavy atom. The molecule has 0 aliphatic carbocycles. The van der Waals surface area contributed by atoms with E-state index >= 15 is 0 Å². The van der Waals surface area contributed by atoms with Crippen molar-refractivity contribution >= 4 is 0.737 Å². The van der Waals surface area contributed by atoms with Gasteiger partial charge in [0.15, 0.2) is 0 Å². The predicted molar refractivity (Wildman–Crippen MR) is 33.3 cm³/mol. The van der Waals surface area contributed by atoms with Crippen LogP contribution in [0.25, 0.3) is 0 Å². The first kappa shape index (κ1) is 9.13. The number of rotatable bonds is 3. The van der Waals surface area contributed by atoms with Crippen molar-refractivity contribution in [2.45, 2.75) is 20.3 Å². The van der Waals surface area contributed by atoms with Crippen LogP contribution in [-0.2, 0) is 0 Å². The van der Waals surface area contributed by atoms with Gasteiger partial charge in [-0.05, 0) is 0 Å². The number of allylic oxidation sites excluding steroid dienone is 2. The molecule has 0 aliphatic rings. The van der Waals surface area contributed by atoms with E-state index in [-0.39, 0.29) is 0 Å². The Labute approximate surface area is 82.0 Å². The van der Waals surface area contributed by atoms with Gasteiger partial charge in [0, 0.05) is 0 Å². The Morgan fingerprint density at radius 2 is 2.25 bits per heavy atom. The normalized spacial score (nSPS) is 11.1. The fourth-order valence-electron chi connectivity index (χ4n) is 0.335. The van der Waals surface area contributed by atoms with Crippen LogP contribution in [0.4, 0.5) is 0 Å². The van der Waals surface area contributed by atoms with Gasteiger partial charge >= 0.3 is 83.2 Å². The summed E-state index contributed by atoms with van der Waals surface area (Å²) in [6, 6.07) is 0. The fraction of sp³-hybridized carbons (Fsp3) is 0.571. The minimum absolute atomic E-state index is 0.563. The third-order valence-corrected chi connectivity index (χ3v) is 1.04. The van der Waals surface area contributed by atoms with Crippen molar-refractivity contribution in [1.29, 1.82) is 0 Å². The van der Waals surface area contributed by atoms with Crippen molar-refractivity contribution in [3.05, 3.63) is 12.2 Å². The molecule has 0 saturated carbocycles. The van der Waals surface area contributed by atoms with E-state index < -0.39 is 0 Å². The molecule has 0 aromatic heterocycles. The average molecular weight is 268 g/mol. The minimum atomic E-state index is 0.563. The van der Waals surface area contributed by atoms with E-state index in [1.807, 2.05) is 6.81 Å². The zero-order valence-corrected chi connectivity index (χ0v) is 6.92. The molecule has 0 unspecified atom stereocenters.